The van der Waals surface area contributed by atoms with Gasteiger partial charge in [-0.05, 0) is 41.4 Å². The van der Waals surface area contributed by atoms with E-state index in [1.807, 2.05) is 6.92 Å². The molecule has 0 atom stereocenters. The molecule has 20 heavy (non-hydrogen) atoms. The van der Waals surface area contributed by atoms with E-state index in [4.69, 9.17) is 9.26 Å². The molecule has 0 bridgehead atoms. The first-order valence-electron chi connectivity index (χ1n) is 5.93. The standard InChI is InChI=1S/C13H12BrNO4S/c1-3-8-12(7(2)19-15-8)13(17)18-6-9(16)10-4-5-11(14)20-10/h4-5H,3,6H2,1-2H3. The Morgan fingerprint density at radius 2 is 2.20 bits per heavy atom. The van der Waals surface area contributed by atoms with E-state index in [-0.39, 0.29) is 12.4 Å². The molecule has 0 saturated heterocycles. The number of hydrogen-bond acceptors (Lipinski definition) is 6. The fraction of sp³-hybridized carbons (Fsp3) is 0.308. The summed E-state index contributed by atoms with van der Waals surface area (Å²) in [7, 11) is 0. The van der Waals surface area contributed by atoms with Crippen molar-refractivity contribution in [2.75, 3.05) is 6.61 Å². The van der Waals surface area contributed by atoms with Crippen LogP contribution < -0.4 is 0 Å². The van der Waals surface area contributed by atoms with Crippen molar-refractivity contribution in [2.45, 2.75) is 20.3 Å². The number of ketones is 1. The molecule has 0 aliphatic heterocycles. The highest BCUT2D eigenvalue weighted by Gasteiger charge is 2.21. The van der Waals surface area contributed by atoms with Gasteiger partial charge in [0.25, 0.3) is 0 Å². The highest BCUT2D eigenvalue weighted by atomic mass is 79.9. The van der Waals surface area contributed by atoms with Crippen LogP contribution in [0.5, 0.6) is 0 Å². The third-order valence-electron chi connectivity index (χ3n) is 2.65. The molecule has 0 unspecified atom stereocenters. The fourth-order valence-electron chi connectivity index (χ4n) is 1.66. The quantitative estimate of drug-likeness (QED) is 0.605. The number of thiophene rings is 1. The van der Waals surface area contributed by atoms with Crippen molar-refractivity contribution in [1.82, 2.24) is 5.16 Å². The monoisotopic (exact) mass is 357 g/mol. The minimum absolute atomic E-state index is 0.235. The first-order chi connectivity index (χ1) is 9.52. The molecule has 0 aromatic carbocycles. The molecule has 0 aliphatic carbocycles. The largest absolute Gasteiger partial charge is 0.454 e. The fourth-order valence-corrected chi connectivity index (χ4v) is 2.97. The highest BCUT2D eigenvalue weighted by molar-refractivity contribution is 9.11. The van der Waals surface area contributed by atoms with E-state index in [2.05, 4.69) is 21.1 Å². The summed E-state index contributed by atoms with van der Waals surface area (Å²) in [6.07, 6.45) is 0.563. The van der Waals surface area contributed by atoms with E-state index in [1.165, 1.54) is 11.3 Å². The van der Waals surface area contributed by atoms with E-state index in [0.29, 0.717) is 28.3 Å². The first kappa shape index (κ1) is 14.9. The van der Waals surface area contributed by atoms with Crippen LogP contribution in [0.3, 0.4) is 0 Å². The van der Waals surface area contributed by atoms with Gasteiger partial charge in [-0.3, -0.25) is 4.79 Å². The number of Topliss-reactive ketones (excluding diaryl/α,β-unsaturated/α-hetero) is 1. The van der Waals surface area contributed by atoms with E-state index >= 15 is 0 Å². The van der Waals surface area contributed by atoms with Crippen LogP contribution in [0.1, 0.15) is 38.4 Å². The lowest BCUT2D eigenvalue weighted by Crippen LogP contribution is -2.14. The van der Waals surface area contributed by atoms with Crippen LogP contribution >= 0.6 is 27.3 Å². The second kappa shape index (κ2) is 6.32. The summed E-state index contributed by atoms with van der Waals surface area (Å²) in [5, 5.41) is 3.78. The second-order valence-corrected chi connectivity index (χ2v) is 6.48. The topological polar surface area (TPSA) is 69.4 Å². The number of halogens is 1. The van der Waals surface area contributed by atoms with Crippen molar-refractivity contribution in [3.8, 4) is 0 Å². The van der Waals surface area contributed by atoms with E-state index in [9.17, 15) is 9.59 Å². The maximum absolute atomic E-state index is 12.0. The van der Waals surface area contributed by atoms with Crippen LogP contribution in [0.25, 0.3) is 0 Å². The van der Waals surface area contributed by atoms with Crippen molar-refractivity contribution in [3.05, 3.63) is 37.8 Å². The van der Waals surface area contributed by atoms with Crippen molar-refractivity contribution in [1.29, 1.82) is 0 Å². The maximum atomic E-state index is 12.0. The number of nitrogens with zero attached hydrogens (tertiary/aromatic N) is 1. The maximum Gasteiger partial charge on any atom is 0.344 e. The molecule has 2 aromatic heterocycles. The molecule has 0 radical (unpaired) electrons. The number of hydrogen-bond donors (Lipinski definition) is 0. The predicted molar refractivity (Wildman–Crippen MR) is 77.3 cm³/mol. The van der Waals surface area contributed by atoms with Gasteiger partial charge in [0.1, 0.15) is 11.3 Å². The average molecular weight is 358 g/mol. The third-order valence-corrected chi connectivity index (χ3v) is 4.32. The lowest BCUT2D eigenvalue weighted by Gasteiger charge is -2.03. The Hall–Kier alpha value is -1.47. The van der Waals surface area contributed by atoms with Crippen LogP contribution in [0.2, 0.25) is 0 Å². The minimum Gasteiger partial charge on any atom is -0.454 e. The Bertz CT molecular complexity index is 647. The van der Waals surface area contributed by atoms with Crippen molar-refractivity contribution >= 4 is 39.0 Å². The number of aromatic nitrogens is 1. The van der Waals surface area contributed by atoms with Crippen LogP contribution in [-0.2, 0) is 11.2 Å². The van der Waals surface area contributed by atoms with Gasteiger partial charge in [0, 0.05) is 0 Å². The number of aryl methyl sites for hydroxylation is 2. The summed E-state index contributed by atoms with van der Waals surface area (Å²) in [5.74, 6) is -0.413. The summed E-state index contributed by atoms with van der Waals surface area (Å²) in [6, 6.07) is 3.46. The molecule has 0 aliphatic rings. The van der Waals surface area contributed by atoms with Gasteiger partial charge in [-0.15, -0.1) is 11.3 Å². The number of rotatable bonds is 5. The summed E-state index contributed by atoms with van der Waals surface area (Å²) >= 11 is 4.58. The molecule has 106 valence electrons. The summed E-state index contributed by atoms with van der Waals surface area (Å²) in [6.45, 7) is 3.21. The van der Waals surface area contributed by atoms with Crippen LogP contribution in [-0.4, -0.2) is 23.5 Å². The molecule has 7 heteroatoms. The molecule has 5 nitrogen and oxygen atoms in total. The minimum atomic E-state index is -0.579. The molecular weight excluding hydrogens is 346 g/mol. The Kier molecular flexibility index (Phi) is 4.72. The Labute approximate surface area is 128 Å². The lowest BCUT2D eigenvalue weighted by molar-refractivity contribution is 0.0473. The molecule has 2 aromatic rings. The summed E-state index contributed by atoms with van der Waals surface area (Å²) in [4.78, 5) is 24.4. The van der Waals surface area contributed by atoms with Gasteiger partial charge in [0.05, 0.1) is 14.4 Å². The molecule has 2 heterocycles. The van der Waals surface area contributed by atoms with Gasteiger partial charge in [0.2, 0.25) is 5.78 Å². The summed E-state index contributed by atoms with van der Waals surface area (Å²) in [5.41, 5.74) is 0.853. The van der Waals surface area contributed by atoms with Crippen molar-refractivity contribution < 1.29 is 18.8 Å². The third kappa shape index (κ3) is 3.16. The SMILES string of the molecule is CCc1noc(C)c1C(=O)OCC(=O)c1ccc(Br)s1. The smallest absolute Gasteiger partial charge is 0.344 e. The number of ether oxygens (including phenoxy) is 1. The van der Waals surface area contributed by atoms with Crippen molar-refractivity contribution in [2.24, 2.45) is 0 Å². The molecule has 0 fully saturated rings. The number of esters is 1. The molecule has 0 N–H and O–H groups in total. The van der Waals surface area contributed by atoms with E-state index in [0.717, 1.165) is 3.79 Å². The second-order valence-electron chi connectivity index (χ2n) is 4.02. The first-order valence-corrected chi connectivity index (χ1v) is 7.54. The number of carbonyl (C=O) groups excluding carboxylic acids is 2. The normalized spacial score (nSPS) is 10.6. The van der Waals surface area contributed by atoms with E-state index in [1.54, 1.807) is 19.1 Å². The highest BCUT2D eigenvalue weighted by Crippen LogP contribution is 2.22. The Balaban J connectivity index is 2.02. The van der Waals surface area contributed by atoms with Gasteiger partial charge in [0.15, 0.2) is 6.61 Å². The molecule has 2 rings (SSSR count). The predicted octanol–water partition coefficient (Wildman–Crippen LogP) is 3.41. The molecule has 0 spiro atoms. The lowest BCUT2D eigenvalue weighted by atomic mass is 10.1. The average Bonchev–Trinajstić information content (AvgIpc) is 3.01. The number of carbonyl (C=O) groups is 2. The molecular formula is C13H12BrNO4S. The Morgan fingerprint density at radius 3 is 2.80 bits per heavy atom. The molecule has 0 saturated carbocycles. The van der Waals surface area contributed by atoms with Gasteiger partial charge >= 0.3 is 5.97 Å². The zero-order chi connectivity index (χ0) is 14.7. The van der Waals surface area contributed by atoms with E-state index < -0.39 is 5.97 Å². The zero-order valence-corrected chi connectivity index (χ0v) is 13.3. The Morgan fingerprint density at radius 1 is 1.45 bits per heavy atom. The van der Waals surface area contributed by atoms with Gasteiger partial charge in [-0.2, -0.15) is 0 Å². The zero-order valence-electron chi connectivity index (χ0n) is 10.9. The summed E-state index contributed by atoms with van der Waals surface area (Å²) < 4.78 is 10.9. The molecule has 0 amide bonds. The van der Waals surface area contributed by atoms with Gasteiger partial charge in [-0.1, -0.05) is 12.1 Å². The van der Waals surface area contributed by atoms with Crippen LogP contribution in [0.15, 0.2) is 20.4 Å². The van der Waals surface area contributed by atoms with Gasteiger partial charge < -0.3 is 9.26 Å². The van der Waals surface area contributed by atoms with Crippen LogP contribution in [0, 0.1) is 6.92 Å². The van der Waals surface area contributed by atoms with Crippen molar-refractivity contribution in [3.63, 3.8) is 0 Å². The van der Waals surface area contributed by atoms with Crippen LogP contribution in [0.4, 0.5) is 0 Å². The van der Waals surface area contributed by atoms with Gasteiger partial charge in [-0.25, -0.2) is 4.79 Å².